The lowest BCUT2D eigenvalue weighted by molar-refractivity contribution is 0.123. The number of aromatic nitrogens is 2. The van der Waals surface area contributed by atoms with Crippen LogP contribution in [0.25, 0.3) is 10.9 Å². The summed E-state index contributed by atoms with van der Waals surface area (Å²) in [5.74, 6) is 0.892. The third kappa shape index (κ3) is 4.67. The van der Waals surface area contributed by atoms with Crippen molar-refractivity contribution >= 4 is 28.5 Å². The Balaban J connectivity index is 1.40. The molecule has 27 heavy (non-hydrogen) atoms. The number of nitrogens with zero attached hydrogens (tertiary/aromatic N) is 2. The van der Waals surface area contributed by atoms with E-state index in [1.807, 2.05) is 24.3 Å². The molecule has 0 saturated heterocycles. The molecule has 2 N–H and O–H groups in total. The van der Waals surface area contributed by atoms with E-state index in [0.717, 1.165) is 29.6 Å². The first kappa shape index (κ1) is 18.0. The molecule has 3 aromatic rings. The highest BCUT2D eigenvalue weighted by Crippen LogP contribution is 2.30. The first-order valence-electron chi connectivity index (χ1n) is 8.90. The number of rotatable bonds is 8. The second-order valence-electron chi connectivity index (χ2n) is 6.50. The standard InChI is InChI=1S/C20H20FN3O2S/c21-16-6-2-4-8-18(16)26-11-14(25)12-27-20-23-17-7-3-1-5-15(17)19(24-20)22-13-9-10-13/h1-8,13-14,25H,9-12H2,(H,22,23,24)/t14-/m0/s1. The normalized spacial score (nSPS) is 14.9. The van der Waals surface area contributed by atoms with Crippen LogP contribution < -0.4 is 10.1 Å². The van der Waals surface area contributed by atoms with E-state index in [-0.39, 0.29) is 12.4 Å². The van der Waals surface area contributed by atoms with Gasteiger partial charge in [0.25, 0.3) is 0 Å². The van der Waals surface area contributed by atoms with Gasteiger partial charge >= 0.3 is 0 Å². The van der Waals surface area contributed by atoms with E-state index < -0.39 is 11.9 Å². The topological polar surface area (TPSA) is 67.3 Å². The van der Waals surface area contributed by atoms with Crippen LogP contribution in [0.5, 0.6) is 5.75 Å². The van der Waals surface area contributed by atoms with Crippen molar-refractivity contribution in [2.75, 3.05) is 17.7 Å². The predicted molar refractivity (Wildman–Crippen MR) is 105 cm³/mol. The summed E-state index contributed by atoms with van der Waals surface area (Å²) in [6.45, 7) is 0.00863. The van der Waals surface area contributed by atoms with Crippen LogP contribution >= 0.6 is 11.8 Å². The molecule has 1 fully saturated rings. The lowest BCUT2D eigenvalue weighted by atomic mass is 10.2. The number of halogens is 1. The molecular formula is C20H20FN3O2S. The van der Waals surface area contributed by atoms with Gasteiger partial charge < -0.3 is 15.2 Å². The molecule has 1 aliphatic rings. The van der Waals surface area contributed by atoms with E-state index in [1.165, 1.54) is 23.9 Å². The summed E-state index contributed by atoms with van der Waals surface area (Å²) in [4.78, 5) is 9.18. The van der Waals surface area contributed by atoms with Gasteiger partial charge in [-0.15, -0.1) is 0 Å². The maximum Gasteiger partial charge on any atom is 0.190 e. The molecule has 7 heteroatoms. The van der Waals surface area contributed by atoms with E-state index >= 15 is 0 Å². The molecule has 140 valence electrons. The van der Waals surface area contributed by atoms with Crippen LogP contribution in [-0.2, 0) is 0 Å². The largest absolute Gasteiger partial charge is 0.488 e. The Morgan fingerprint density at radius 3 is 2.74 bits per heavy atom. The number of benzene rings is 2. The minimum absolute atomic E-state index is 0.00863. The molecule has 0 spiro atoms. The first-order valence-corrected chi connectivity index (χ1v) is 9.89. The molecule has 1 aliphatic carbocycles. The quantitative estimate of drug-likeness (QED) is 0.453. The summed E-state index contributed by atoms with van der Waals surface area (Å²) in [5.41, 5.74) is 0.871. The van der Waals surface area contributed by atoms with Crippen LogP contribution in [0, 0.1) is 5.82 Å². The fourth-order valence-corrected chi connectivity index (χ4v) is 3.37. The molecule has 0 radical (unpaired) electrons. The van der Waals surface area contributed by atoms with Crippen molar-refractivity contribution < 1.29 is 14.2 Å². The summed E-state index contributed by atoms with van der Waals surface area (Å²) >= 11 is 1.36. The number of anilines is 1. The number of thioether (sulfide) groups is 1. The van der Waals surface area contributed by atoms with E-state index in [0.29, 0.717) is 17.0 Å². The Kier molecular flexibility index (Phi) is 5.40. The van der Waals surface area contributed by atoms with Gasteiger partial charge in [0.15, 0.2) is 16.7 Å². The lowest BCUT2D eigenvalue weighted by Gasteiger charge is -2.13. The van der Waals surface area contributed by atoms with Crippen molar-refractivity contribution in [3.05, 3.63) is 54.3 Å². The molecule has 4 rings (SSSR count). The minimum Gasteiger partial charge on any atom is -0.488 e. The van der Waals surface area contributed by atoms with Crippen molar-refractivity contribution in [3.8, 4) is 5.75 Å². The molecule has 0 bridgehead atoms. The number of nitrogens with one attached hydrogen (secondary N) is 1. The predicted octanol–water partition coefficient (Wildman–Crippen LogP) is 3.88. The highest BCUT2D eigenvalue weighted by molar-refractivity contribution is 7.99. The molecule has 1 saturated carbocycles. The van der Waals surface area contributed by atoms with Gasteiger partial charge in [-0.25, -0.2) is 14.4 Å². The van der Waals surface area contributed by atoms with E-state index in [9.17, 15) is 9.50 Å². The van der Waals surface area contributed by atoms with Crippen LogP contribution in [0.3, 0.4) is 0 Å². The smallest absolute Gasteiger partial charge is 0.190 e. The maximum absolute atomic E-state index is 13.6. The molecular weight excluding hydrogens is 365 g/mol. The first-order chi connectivity index (χ1) is 13.2. The number of fused-ring (bicyclic) bond motifs is 1. The Hall–Kier alpha value is -2.38. The van der Waals surface area contributed by atoms with Gasteiger partial charge in [0.2, 0.25) is 0 Å². The molecule has 1 atom stereocenters. The number of hydrogen-bond acceptors (Lipinski definition) is 6. The monoisotopic (exact) mass is 385 g/mol. The zero-order valence-corrected chi connectivity index (χ0v) is 15.5. The van der Waals surface area contributed by atoms with E-state index in [1.54, 1.807) is 12.1 Å². The number of aliphatic hydroxyl groups is 1. The van der Waals surface area contributed by atoms with E-state index in [4.69, 9.17) is 4.74 Å². The van der Waals surface area contributed by atoms with Crippen molar-refractivity contribution in [1.82, 2.24) is 9.97 Å². The van der Waals surface area contributed by atoms with E-state index in [2.05, 4.69) is 15.3 Å². The van der Waals surface area contributed by atoms with Crippen molar-refractivity contribution in [1.29, 1.82) is 0 Å². The molecule has 1 aromatic heterocycles. The number of aliphatic hydroxyl groups excluding tert-OH is 1. The zero-order valence-electron chi connectivity index (χ0n) is 14.6. The van der Waals surface area contributed by atoms with Gasteiger partial charge in [-0.3, -0.25) is 0 Å². The Morgan fingerprint density at radius 2 is 1.93 bits per heavy atom. The van der Waals surface area contributed by atoms with Crippen LogP contribution in [0.2, 0.25) is 0 Å². The second-order valence-corrected chi connectivity index (χ2v) is 7.48. The fourth-order valence-electron chi connectivity index (χ4n) is 2.62. The molecule has 0 unspecified atom stereocenters. The molecule has 2 aromatic carbocycles. The maximum atomic E-state index is 13.6. The van der Waals surface area contributed by atoms with Crippen molar-refractivity contribution in [2.45, 2.75) is 30.1 Å². The average molecular weight is 385 g/mol. The van der Waals surface area contributed by atoms with Crippen LogP contribution in [0.15, 0.2) is 53.7 Å². The van der Waals surface area contributed by atoms with Crippen molar-refractivity contribution in [3.63, 3.8) is 0 Å². The summed E-state index contributed by atoms with van der Waals surface area (Å²) < 4.78 is 18.9. The van der Waals surface area contributed by atoms with Crippen LogP contribution in [0.4, 0.5) is 10.2 Å². The zero-order chi connectivity index (χ0) is 18.6. The average Bonchev–Trinajstić information content (AvgIpc) is 3.50. The Morgan fingerprint density at radius 1 is 1.15 bits per heavy atom. The van der Waals surface area contributed by atoms with Gasteiger partial charge in [-0.2, -0.15) is 0 Å². The highest BCUT2D eigenvalue weighted by Gasteiger charge is 2.23. The number of para-hydroxylation sites is 2. The summed E-state index contributed by atoms with van der Waals surface area (Å²) in [7, 11) is 0. The SMILES string of the molecule is O[C@@H](COc1ccccc1F)CSc1nc(NC2CC2)c2ccccc2n1. The van der Waals surface area contributed by atoms with Crippen LogP contribution in [-0.4, -0.2) is 39.6 Å². The third-order valence-electron chi connectivity index (χ3n) is 4.17. The van der Waals surface area contributed by atoms with Gasteiger partial charge in [0, 0.05) is 17.2 Å². The van der Waals surface area contributed by atoms with Crippen molar-refractivity contribution in [2.24, 2.45) is 0 Å². The second kappa shape index (κ2) is 8.10. The van der Waals surface area contributed by atoms with Gasteiger partial charge in [-0.1, -0.05) is 36.0 Å². The summed E-state index contributed by atoms with van der Waals surface area (Å²) in [6.07, 6.45) is 1.56. The fraction of sp³-hybridized carbons (Fsp3) is 0.300. The number of hydrogen-bond donors (Lipinski definition) is 2. The lowest BCUT2D eigenvalue weighted by Crippen LogP contribution is -2.20. The minimum atomic E-state index is -0.760. The highest BCUT2D eigenvalue weighted by atomic mass is 32.2. The molecule has 0 amide bonds. The number of ether oxygens (including phenoxy) is 1. The van der Waals surface area contributed by atoms with Crippen LogP contribution in [0.1, 0.15) is 12.8 Å². The molecule has 0 aliphatic heterocycles. The van der Waals surface area contributed by atoms with Gasteiger partial charge in [-0.05, 0) is 37.1 Å². The summed E-state index contributed by atoms with van der Waals surface area (Å²) in [5, 5.41) is 15.2. The summed E-state index contributed by atoms with van der Waals surface area (Å²) in [6, 6.07) is 14.5. The van der Waals surface area contributed by atoms with Gasteiger partial charge in [0.1, 0.15) is 12.4 Å². The Labute approximate surface area is 161 Å². The molecule has 1 heterocycles. The molecule has 5 nitrogen and oxygen atoms in total. The third-order valence-corrected chi connectivity index (χ3v) is 5.17. The van der Waals surface area contributed by atoms with Gasteiger partial charge in [0.05, 0.1) is 11.6 Å². The Bertz CT molecular complexity index is 936.